The molecule has 0 heterocycles. The van der Waals surface area contributed by atoms with Crippen LogP contribution in [0.3, 0.4) is 0 Å². The van der Waals surface area contributed by atoms with Crippen LogP contribution >= 0.6 is 0 Å². The maximum absolute atomic E-state index is 5.40. The van der Waals surface area contributed by atoms with Gasteiger partial charge >= 0.3 is 8.56 Å². The fourth-order valence-electron chi connectivity index (χ4n) is 0.797. The van der Waals surface area contributed by atoms with E-state index < -0.39 is 8.56 Å². The summed E-state index contributed by atoms with van der Waals surface area (Å²) < 4.78 is 10.8. The van der Waals surface area contributed by atoms with Crippen LogP contribution in [0, 0.1) is 0 Å². The molecule has 0 fully saturated rings. The Balaban J connectivity index is 3.74. The van der Waals surface area contributed by atoms with Crippen LogP contribution in [0.4, 0.5) is 0 Å². The molecule has 60 valence electrons. The van der Waals surface area contributed by atoms with Gasteiger partial charge in [0.15, 0.2) is 0 Å². The smallest absolute Gasteiger partial charge is 0.392 e. The topological polar surface area (TPSA) is 18.5 Å². The third-order valence-corrected chi connectivity index (χ3v) is 2.74. The molecule has 0 aromatic carbocycles. The van der Waals surface area contributed by atoms with Crippen molar-refractivity contribution in [1.82, 2.24) is 0 Å². The van der Waals surface area contributed by atoms with Crippen LogP contribution in [-0.4, -0.2) is 15.2 Å². The minimum absolute atomic E-state index is 0.715. The first-order valence-electron chi connectivity index (χ1n) is 3.46. The van der Waals surface area contributed by atoms with Gasteiger partial charge in [-0.1, -0.05) is 6.58 Å². The van der Waals surface area contributed by atoms with Crippen molar-refractivity contribution in [2.24, 2.45) is 0 Å². The number of hydrogen-bond donors (Lipinski definition) is 0. The predicted octanol–water partition coefficient (Wildman–Crippen LogP) is 2.27. The third-order valence-electron chi connectivity index (χ3n) is 0.912. The van der Waals surface area contributed by atoms with Crippen LogP contribution in [0.5, 0.6) is 0 Å². The van der Waals surface area contributed by atoms with Crippen molar-refractivity contribution in [3.05, 3.63) is 12.3 Å². The normalized spacial score (nSPS) is 11.2. The number of rotatable bonds is 4. The molecule has 0 bridgehead atoms. The summed E-state index contributed by atoms with van der Waals surface area (Å²) in [6, 6.07) is 0. The van der Waals surface area contributed by atoms with Gasteiger partial charge in [0.25, 0.3) is 0 Å². The van der Waals surface area contributed by atoms with Gasteiger partial charge in [0.05, 0.1) is 5.76 Å². The second-order valence-corrected chi connectivity index (χ2v) is 5.93. The summed E-state index contributed by atoms with van der Waals surface area (Å²) in [6.45, 7) is 12.2. The van der Waals surface area contributed by atoms with E-state index in [2.05, 4.69) is 6.58 Å². The molecule has 0 aliphatic carbocycles. The van der Waals surface area contributed by atoms with Crippen molar-refractivity contribution in [3.8, 4) is 0 Å². The van der Waals surface area contributed by atoms with Crippen LogP contribution in [0.25, 0.3) is 0 Å². The molecule has 0 N–H and O–H groups in total. The Morgan fingerprint density at radius 2 is 2.00 bits per heavy atom. The molecule has 10 heavy (non-hydrogen) atoms. The van der Waals surface area contributed by atoms with E-state index in [4.69, 9.17) is 8.85 Å². The fourth-order valence-corrected chi connectivity index (χ4v) is 2.39. The summed E-state index contributed by atoms with van der Waals surface area (Å²) in [7, 11) is -1.87. The lowest BCUT2D eigenvalue weighted by atomic mass is 10.7. The Bertz CT molecular complexity index is 121. The van der Waals surface area contributed by atoms with Crippen molar-refractivity contribution in [3.63, 3.8) is 0 Å². The van der Waals surface area contributed by atoms with E-state index in [0.717, 1.165) is 5.76 Å². The van der Waals surface area contributed by atoms with Crippen LogP contribution < -0.4 is 0 Å². The summed E-state index contributed by atoms with van der Waals surface area (Å²) in [5.74, 6) is 0.741. The molecule has 0 rings (SSSR count). The minimum Gasteiger partial charge on any atom is -0.525 e. The second-order valence-electron chi connectivity index (χ2n) is 2.64. The quantitative estimate of drug-likeness (QED) is 0.464. The van der Waals surface area contributed by atoms with E-state index in [9.17, 15) is 0 Å². The van der Waals surface area contributed by atoms with Gasteiger partial charge in [0.2, 0.25) is 0 Å². The van der Waals surface area contributed by atoms with Crippen molar-refractivity contribution >= 4 is 8.56 Å². The average molecular weight is 160 g/mol. The van der Waals surface area contributed by atoms with Crippen molar-refractivity contribution < 1.29 is 8.85 Å². The van der Waals surface area contributed by atoms with Gasteiger partial charge in [0, 0.05) is 6.61 Å². The number of hydrogen-bond acceptors (Lipinski definition) is 2. The highest BCUT2D eigenvalue weighted by Crippen LogP contribution is 2.09. The number of allylic oxidation sites excluding steroid dienone is 1. The Morgan fingerprint density at radius 1 is 1.50 bits per heavy atom. The molecule has 0 saturated carbocycles. The molecule has 0 amide bonds. The first-order chi connectivity index (χ1) is 4.48. The van der Waals surface area contributed by atoms with Gasteiger partial charge in [-0.3, -0.25) is 0 Å². The van der Waals surface area contributed by atoms with Gasteiger partial charge in [-0.15, -0.1) is 0 Å². The first kappa shape index (κ1) is 9.72. The van der Waals surface area contributed by atoms with Crippen molar-refractivity contribution in [2.45, 2.75) is 26.9 Å². The lowest BCUT2D eigenvalue weighted by Gasteiger charge is -2.22. The van der Waals surface area contributed by atoms with Gasteiger partial charge in [-0.2, -0.15) is 0 Å². The Hall–Kier alpha value is -0.283. The molecule has 0 radical (unpaired) electrons. The summed E-state index contributed by atoms with van der Waals surface area (Å²) in [6.07, 6.45) is 0. The Morgan fingerprint density at radius 3 is 2.30 bits per heavy atom. The molecule has 0 aliphatic heterocycles. The predicted molar refractivity (Wildman–Crippen MR) is 45.0 cm³/mol. The zero-order valence-electron chi connectivity index (χ0n) is 7.23. The molecule has 3 heteroatoms. The standard InChI is InChI=1S/C7H16O2Si/c1-6-8-10(4,5)9-7(2)3/h2,6H2,1,3-5H3. The van der Waals surface area contributed by atoms with Crippen molar-refractivity contribution in [2.75, 3.05) is 6.61 Å². The van der Waals surface area contributed by atoms with Crippen molar-refractivity contribution in [1.29, 1.82) is 0 Å². The molecule has 2 nitrogen and oxygen atoms in total. The molecule has 0 aromatic heterocycles. The maximum atomic E-state index is 5.40. The molecule has 0 aromatic rings. The van der Waals surface area contributed by atoms with Gasteiger partial charge in [0.1, 0.15) is 0 Å². The molecule has 0 atom stereocenters. The summed E-state index contributed by atoms with van der Waals surface area (Å²) >= 11 is 0. The second kappa shape index (κ2) is 3.78. The summed E-state index contributed by atoms with van der Waals surface area (Å²) in [5.41, 5.74) is 0. The molecular weight excluding hydrogens is 144 g/mol. The first-order valence-corrected chi connectivity index (χ1v) is 6.28. The summed E-state index contributed by atoms with van der Waals surface area (Å²) in [4.78, 5) is 0. The van der Waals surface area contributed by atoms with Gasteiger partial charge in [-0.25, -0.2) is 0 Å². The SMILES string of the molecule is C=C(C)O[Si](C)(C)OCC. The van der Waals surface area contributed by atoms with Crippen LogP contribution in [-0.2, 0) is 8.85 Å². The molecule has 0 spiro atoms. The maximum Gasteiger partial charge on any atom is 0.392 e. The molecule has 0 unspecified atom stereocenters. The van der Waals surface area contributed by atoms with E-state index in [-0.39, 0.29) is 0 Å². The van der Waals surface area contributed by atoms with E-state index in [1.807, 2.05) is 26.9 Å². The Kier molecular flexibility index (Phi) is 3.67. The zero-order chi connectivity index (χ0) is 8.20. The largest absolute Gasteiger partial charge is 0.525 e. The highest BCUT2D eigenvalue weighted by molar-refractivity contribution is 6.64. The van der Waals surface area contributed by atoms with E-state index in [1.54, 1.807) is 0 Å². The van der Waals surface area contributed by atoms with Crippen LogP contribution in [0.1, 0.15) is 13.8 Å². The molecular formula is C7H16O2Si. The van der Waals surface area contributed by atoms with E-state index >= 15 is 0 Å². The highest BCUT2D eigenvalue weighted by atomic mass is 28.4. The molecule has 0 aliphatic rings. The van der Waals surface area contributed by atoms with E-state index in [1.165, 1.54) is 0 Å². The van der Waals surface area contributed by atoms with Crippen LogP contribution in [0.2, 0.25) is 13.1 Å². The third kappa shape index (κ3) is 4.58. The summed E-state index contributed by atoms with van der Waals surface area (Å²) in [5, 5.41) is 0. The molecule has 0 saturated heterocycles. The zero-order valence-corrected chi connectivity index (χ0v) is 8.23. The van der Waals surface area contributed by atoms with Gasteiger partial charge < -0.3 is 8.85 Å². The lowest BCUT2D eigenvalue weighted by molar-refractivity contribution is 0.230. The fraction of sp³-hybridized carbons (Fsp3) is 0.714. The highest BCUT2D eigenvalue weighted by Gasteiger charge is 2.24. The van der Waals surface area contributed by atoms with Crippen LogP contribution in [0.15, 0.2) is 12.3 Å². The average Bonchev–Trinajstić information content (AvgIpc) is 1.59. The minimum atomic E-state index is -1.87. The lowest BCUT2D eigenvalue weighted by Crippen LogP contribution is -2.33. The van der Waals surface area contributed by atoms with Gasteiger partial charge in [-0.05, 0) is 26.9 Å². The monoisotopic (exact) mass is 160 g/mol. The Labute approximate surface area is 64.1 Å². The van der Waals surface area contributed by atoms with E-state index in [0.29, 0.717) is 6.61 Å².